The number of pyridine rings is 1. The number of benzene rings is 2. The number of nitrogens with one attached hydrogen (secondary N) is 1. The van der Waals surface area contributed by atoms with Gasteiger partial charge in [0, 0.05) is 11.1 Å². The monoisotopic (exact) mass is 340 g/mol. The second-order valence-electron chi connectivity index (χ2n) is 5.89. The van der Waals surface area contributed by atoms with E-state index < -0.39 is 0 Å². The summed E-state index contributed by atoms with van der Waals surface area (Å²) in [5, 5.41) is 5.03. The molecule has 4 rings (SSSR count). The fraction of sp³-hybridized carbons (Fsp3) is 0.211. The quantitative estimate of drug-likeness (QED) is 0.746. The summed E-state index contributed by atoms with van der Waals surface area (Å²) in [7, 11) is 0. The third kappa shape index (κ3) is 3.03. The van der Waals surface area contributed by atoms with Crippen LogP contribution in [0.1, 0.15) is 5.56 Å². The Balaban J connectivity index is 1.57. The second kappa shape index (κ2) is 6.30. The summed E-state index contributed by atoms with van der Waals surface area (Å²) in [5.74, 6) is 1.63. The number of rotatable bonds is 4. The van der Waals surface area contributed by atoms with Crippen molar-refractivity contribution in [2.24, 2.45) is 0 Å². The summed E-state index contributed by atoms with van der Waals surface area (Å²) in [6.45, 7) is 3.38. The minimum absolute atomic E-state index is 0.174. The van der Waals surface area contributed by atoms with E-state index in [1.165, 1.54) is 0 Å². The smallest absolute Gasteiger partial charge is 0.145 e. The number of fused-ring (bicyclic) bond motifs is 1. The standard InChI is InChI=1S/C19H17ClN2O2/c1-12-9-14(24-15-10-23-11-15)6-7-17(12)21-18-8-5-13-3-2-4-16(20)19(13)22-18/h2-9,15H,10-11H2,1H3,(H,21,22). The fourth-order valence-corrected chi connectivity index (χ4v) is 2.87. The summed E-state index contributed by atoms with van der Waals surface area (Å²) in [5.41, 5.74) is 2.88. The van der Waals surface area contributed by atoms with E-state index in [2.05, 4.69) is 10.3 Å². The first kappa shape index (κ1) is 15.2. The van der Waals surface area contributed by atoms with E-state index in [4.69, 9.17) is 21.1 Å². The van der Waals surface area contributed by atoms with Gasteiger partial charge < -0.3 is 14.8 Å². The zero-order chi connectivity index (χ0) is 16.5. The van der Waals surface area contributed by atoms with Crippen molar-refractivity contribution in [3.63, 3.8) is 0 Å². The molecule has 122 valence electrons. The topological polar surface area (TPSA) is 43.4 Å². The molecule has 1 aromatic heterocycles. The summed E-state index contributed by atoms with van der Waals surface area (Å²) in [6, 6.07) is 15.7. The van der Waals surface area contributed by atoms with Crippen LogP contribution in [0.4, 0.5) is 11.5 Å². The first-order valence-electron chi connectivity index (χ1n) is 7.86. The van der Waals surface area contributed by atoms with Gasteiger partial charge in [0.2, 0.25) is 0 Å². The van der Waals surface area contributed by atoms with Crippen LogP contribution in [0, 0.1) is 6.92 Å². The van der Waals surface area contributed by atoms with Crippen LogP contribution in [-0.2, 0) is 4.74 Å². The highest BCUT2D eigenvalue weighted by Crippen LogP contribution is 2.28. The molecule has 0 amide bonds. The molecular formula is C19H17ClN2O2. The van der Waals surface area contributed by atoms with Crippen LogP contribution in [0.5, 0.6) is 5.75 Å². The molecule has 1 aliphatic rings. The molecule has 5 heteroatoms. The summed E-state index contributed by atoms with van der Waals surface area (Å²) >= 11 is 6.23. The van der Waals surface area contributed by atoms with Crippen molar-refractivity contribution in [2.75, 3.05) is 18.5 Å². The predicted octanol–water partition coefficient (Wildman–Crippen LogP) is 4.72. The molecule has 1 fully saturated rings. The van der Waals surface area contributed by atoms with E-state index in [0.29, 0.717) is 18.2 Å². The zero-order valence-electron chi connectivity index (χ0n) is 13.3. The van der Waals surface area contributed by atoms with E-state index in [-0.39, 0.29) is 6.10 Å². The number of nitrogens with zero attached hydrogens (tertiary/aromatic N) is 1. The van der Waals surface area contributed by atoms with Crippen molar-refractivity contribution in [1.82, 2.24) is 4.98 Å². The molecule has 2 aromatic carbocycles. The van der Waals surface area contributed by atoms with Crippen molar-refractivity contribution in [3.05, 3.63) is 59.1 Å². The average Bonchev–Trinajstić information content (AvgIpc) is 2.54. The van der Waals surface area contributed by atoms with Crippen molar-refractivity contribution in [3.8, 4) is 5.75 Å². The van der Waals surface area contributed by atoms with Crippen LogP contribution < -0.4 is 10.1 Å². The Kier molecular flexibility index (Phi) is 4.00. The van der Waals surface area contributed by atoms with Gasteiger partial charge in [0.1, 0.15) is 17.7 Å². The van der Waals surface area contributed by atoms with Crippen LogP contribution in [-0.4, -0.2) is 24.3 Å². The van der Waals surface area contributed by atoms with E-state index in [1.54, 1.807) is 0 Å². The van der Waals surface area contributed by atoms with Gasteiger partial charge in [-0.15, -0.1) is 0 Å². The van der Waals surface area contributed by atoms with Crippen LogP contribution in [0.3, 0.4) is 0 Å². The van der Waals surface area contributed by atoms with Crippen LogP contribution in [0.2, 0.25) is 5.02 Å². The Bertz CT molecular complexity index is 894. The molecule has 1 aliphatic heterocycles. The number of anilines is 2. The third-order valence-corrected chi connectivity index (χ3v) is 4.35. The number of aryl methyl sites for hydroxylation is 1. The molecule has 0 radical (unpaired) electrons. The van der Waals surface area contributed by atoms with Crippen LogP contribution >= 0.6 is 11.6 Å². The predicted molar refractivity (Wildman–Crippen MR) is 96.4 cm³/mol. The number of para-hydroxylation sites is 1. The molecule has 3 aromatic rings. The lowest BCUT2D eigenvalue weighted by molar-refractivity contribution is -0.0796. The van der Waals surface area contributed by atoms with Gasteiger partial charge in [0.25, 0.3) is 0 Å². The molecule has 24 heavy (non-hydrogen) atoms. The minimum Gasteiger partial charge on any atom is -0.486 e. The van der Waals surface area contributed by atoms with E-state index in [0.717, 1.165) is 33.7 Å². The highest BCUT2D eigenvalue weighted by atomic mass is 35.5. The van der Waals surface area contributed by atoms with Gasteiger partial charge in [-0.05, 0) is 48.9 Å². The number of ether oxygens (including phenoxy) is 2. The minimum atomic E-state index is 0.174. The maximum Gasteiger partial charge on any atom is 0.145 e. The number of halogens is 1. The number of hydrogen-bond acceptors (Lipinski definition) is 4. The molecule has 0 spiro atoms. The highest BCUT2D eigenvalue weighted by molar-refractivity contribution is 6.35. The Labute approximate surface area is 145 Å². The third-order valence-electron chi connectivity index (χ3n) is 4.04. The first-order chi connectivity index (χ1) is 11.7. The first-order valence-corrected chi connectivity index (χ1v) is 8.24. The molecule has 4 nitrogen and oxygen atoms in total. The number of aromatic nitrogens is 1. The largest absolute Gasteiger partial charge is 0.486 e. The van der Waals surface area contributed by atoms with Gasteiger partial charge in [-0.25, -0.2) is 4.98 Å². The highest BCUT2D eigenvalue weighted by Gasteiger charge is 2.20. The summed E-state index contributed by atoms with van der Waals surface area (Å²) in [6.07, 6.45) is 0.174. The van der Waals surface area contributed by atoms with Gasteiger partial charge in [-0.3, -0.25) is 0 Å². The average molecular weight is 341 g/mol. The van der Waals surface area contributed by atoms with E-state index in [9.17, 15) is 0 Å². The molecule has 0 aliphatic carbocycles. The Hall–Kier alpha value is -2.30. The van der Waals surface area contributed by atoms with E-state index in [1.807, 2.05) is 55.5 Å². The SMILES string of the molecule is Cc1cc(OC2COC2)ccc1Nc1ccc2cccc(Cl)c2n1. The summed E-state index contributed by atoms with van der Waals surface area (Å²) in [4.78, 5) is 4.61. The van der Waals surface area contributed by atoms with E-state index >= 15 is 0 Å². The second-order valence-corrected chi connectivity index (χ2v) is 6.29. The Morgan fingerprint density at radius 3 is 2.79 bits per heavy atom. The van der Waals surface area contributed by atoms with Gasteiger partial charge in [0.05, 0.1) is 23.8 Å². The maximum atomic E-state index is 6.23. The van der Waals surface area contributed by atoms with Gasteiger partial charge in [-0.1, -0.05) is 23.7 Å². The lowest BCUT2D eigenvalue weighted by atomic mass is 10.1. The Morgan fingerprint density at radius 2 is 2.04 bits per heavy atom. The molecule has 1 N–H and O–H groups in total. The van der Waals surface area contributed by atoms with Crippen molar-refractivity contribution >= 4 is 34.0 Å². The van der Waals surface area contributed by atoms with Crippen LogP contribution in [0.15, 0.2) is 48.5 Å². The van der Waals surface area contributed by atoms with Gasteiger partial charge in [-0.2, -0.15) is 0 Å². The molecule has 0 atom stereocenters. The molecule has 1 saturated heterocycles. The lowest BCUT2D eigenvalue weighted by Crippen LogP contribution is -2.38. The lowest BCUT2D eigenvalue weighted by Gasteiger charge is -2.27. The normalized spacial score (nSPS) is 14.4. The van der Waals surface area contributed by atoms with Crippen molar-refractivity contribution in [2.45, 2.75) is 13.0 Å². The van der Waals surface area contributed by atoms with Crippen molar-refractivity contribution < 1.29 is 9.47 Å². The van der Waals surface area contributed by atoms with Gasteiger partial charge >= 0.3 is 0 Å². The van der Waals surface area contributed by atoms with Crippen LogP contribution in [0.25, 0.3) is 10.9 Å². The molecule has 2 heterocycles. The molecule has 0 unspecified atom stereocenters. The fourth-order valence-electron chi connectivity index (χ4n) is 2.64. The zero-order valence-corrected chi connectivity index (χ0v) is 14.0. The summed E-state index contributed by atoms with van der Waals surface area (Å²) < 4.78 is 11.0. The molecule has 0 bridgehead atoms. The van der Waals surface area contributed by atoms with Crippen molar-refractivity contribution in [1.29, 1.82) is 0 Å². The number of hydrogen-bond donors (Lipinski definition) is 1. The molecular weight excluding hydrogens is 324 g/mol. The van der Waals surface area contributed by atoms with Gasteiger partial charge in [0.15, 0.2) is 0 Å². The molecule has 0 saturated carbocycles. The Morgan fingerprint density at radius 1 is 1.17 bits per heavy atom. The maximum absolute atomic E-state index is 6.23.